The molecule has 0 unspecified atom stereocenters. The highest BCUT2D eigenvalue weighted by molar-refractivity contribution is 14.0. The summed E-state index contributed by atoms with van der Waals surface area (Å²) < 4.78 is 5.22. The van der Waals surface area contributed by atoms with Crippen LogP contribution in [0.1, 0.15) is 25.0 Å². The molecule has 0 aliphatic heterocycles. The molecule has 5 heteroatoms. The molecular formula is C12H20IN3O. The zero-order valence-electron chi connectivity index (χ0n) is 9.89. The minimum absolute atomic E-state index is 0. The first-order chi connectivity index (χ1) is 7.84. The molecule has 1 aliphatic rings. The Bertz CT molecular complexity index is 334. The first kappa shape index (κ1) is 14.3. The molecule has 4 nitrogen and oxygen atoms in total. The molecule has 0 atom stereocenters. The van der Waals surface area contributed by atoms with Gasteiger partial charge in [0.15, 0.2) is 5.96 Å². The number of guanidine groups is 1. The Balaban J connectivity index is 0.00000144. The van der Waals surface area contributed by atoms with Crippen molar-refractivity contribution in [3.05, 3.63) is 24.2 Å². The third kappa shape index (κ3) is 4.97. The maximum absolute atomic E-state index is 5.75. The molecule has 3 N–H and O–H groups in total. The highest BCUT2D eigenvalue weighted by atomic mass is 127. The van der Waals surface area contributed by atoms with Gasteiger partial charge in [-0.3, -0.25) is 4.99 Å². The van der Waals surface area contributed by atoms with Crippen molar-refractivity contribution in [1.29, 1.82) is 0 Å². The normalized spacial score (nSPS) is 16.1. The molecule has 1 heterocycles. The van der Waals surface area contributed by atoms with E-state index in [0.717, 1.165) is 31.2 Å². The van der Waals surface area contributed by atoms with Crippen LogP contribution in [0.5, 0.6) is 0 Å². The molecule has 0 bridgehead atoms. The molecular weight excluding hydrogens is 329 g/mol. The average molecular weight is 349 g/mol. The number of hydrogen-bond acceptors (Lipinski definition) is 2. The smallest absolute Gasteiger partial charge is 0.188 e. The number of aliphatic imine (C=N–C) groups is 1. The van der Waals surface area contributed by atoms with Gasteiger partial charge in [0.05, 0.1) is 6.26 Å². The summed E-state index contributed by atoms with van der Waals surface area (Å²) in [5.41, 5.74) is 5.75. The van der Waals surface area contributed by atoms with E-state index in [2.05, 4.69) is 10.3 Å². The fourth-order valence-corrected chi connectivity index (χ4v) is 1.73. The lowest BCUT2D eigenvalue weighted by Crippen LogP contribution is -2.34. The second kappa shape index (κ2) is 7.58. The molecule has 1 aromatic rings. The second-order valence-corrected chi connectivity index (χ2v) is 4.28. The topological polar surface area (TPSA) is 63.5 Å². The maximum atomic E-state index is 5.75. The van der Waals surface area contributed by atoms with Crippen molar-refractivity contribution >= 4 is 29.9 Å². The average Bonchev–Trinajstić information content (AvgIpc) is 2.68. The third-order valence-corrected chi connectivity index (χ3v) is 3.00. The van der Waals surface area contributed by atoms with E-state index in [0.29, 0.717) is 5.96 Å². The molecule has 1 aromatic heterocycles. The van der Waals surface area contributed by atoms with Crippen LogP contribution in [0, 0.1) is 5.92 Å². The molecule has 96 valence electrons. The quantitative estimate of drug-likeness (QED) is 0.486. The Kier molecular flexibility index (Phi) is 6.39. The summed E-state index contributed by atoms with van der Waals surface area (Å²) in [6, 6.07) is 3.85. The summed E-state index contributed by atoms with van der Waals surface area (Å²) >= 11 is 0. The molecule has 2 rings (SSSR count). The zero-order chi connectivity index (χ0) is 11.2. The van der Waals surface area contributed by atoms with Crippen LogP contribution in [0.15, 0.2) is 27.8 Å². The number of hydrogen-bond donors (Lipinski definition) is 2. The number of rotatable bonds is 5. The van der Waals surface area contributed by atoms with Crippen LogP contribution in [-0.4, -0.2) is 19.0 Å². The molecule has 1 saturated carbocycles. The van der Waals surface area contributed by atoms with E-state index < -0.39 is 0 Å². The van der Waals surface area contributed by atoms with Gasteiger partial charge in [-0.1, -0.05) is 6.42 Å². The first-order valence-electron chi connectivity index (χ1n) is 5.91. The van der Waals surface area contributed by atoms with E-state index in [1.165, 1.54) is 19.3 Å². The van der Waals surface area contributed by atoms with Gasteiger partial charge in [-0.2, -0.15) is 0 Å². The number of nitrogens with one attached hydrogen (secondary N) is 1. The van der Waals surface area contributed by atoms with E-state index in [9.17, 15) is 0 Å². The summed E-state index contributed by atoms with van der Waals surface area (Å²) in [5, 5.41) is 3.09. The first-order valence-corrected chi connectivity index (χ1v) is 5.91. The fourth-order valence-electron chi connectivity index (χ4n) is 1.73. The Hall–Kier alpha value is -0.720. The van der Waals surface area contributed by atoms with Crippen molar-refractivity contribution in [3.8, 4) is 0 Å². The lowest BCUT2D eigenvalue weighted by molar-refractivity contribution is 0.326. The molecule has 0 aromatic carbocycles. The Morgan fingerprint density at radius 1 is 1.53 bits per heavy atom. The Morgan fingerprint density at radius 2 is 2.35 bits per heavy atom. The molecule has 1 fully saturated rings. The van der Waals surface area contributed by atoms with Crippen molar-refractivity contribution in [3.63, 3.8) is 0 Å². The highest BCUT2D eigenvalue weighted by Crippen LogP contribution is 2.26. The molecule has 0 saturated heterocycles. The summed E-state index contributed by atoms with van der Waals surface area (Å²) in [6.45, 7) is 1.65. The summed E-state index contributed by atoms with van der Waals surface area (Å²) in [7, 11) is 0. The van der Waals surface area contributed by atoms with Gasteiger partial charge < -0.3 is 15.5 Å². The number of nitrogens with two attached hydrogens (primary N) is 1. The van der Waals surface area contributed by atoms with Gasteiger partial charge in [0.25, 0.3) is 0 Å². The number of nitrogens with zero attached hydrogens (tertiary/aromatic N) is 1. The Morgan fingerprint density at radius 3 is 2.94 bits per heavy atom. The van der Waals surface area contributed by atoms with Crippen LogP contribution in [0.2, 0.25) is 0 Å². The van der Waals surface area contributed by atoms with Crippen molar-refractivity contribution < 1.29 is 4.42 Å². The van der Waals surface area contributed by atoms with Crippen LogP contribution >= 0.6 is 24.0 Å². The van der Waals surface area contributed by atoms with Gasteiger partial charge >= 0.3 is 0 Å². The second-order valence-electron chi connectivity index (χ2n) is 4.28. The Labute approximate surface area is 119 Å². The standard InChI is InChI=1S/C12H19N3O.HI/c13-12(15-9-10-3-1-4-10)14-7-6-11-5-2-8-16-11;/h2,5,8,10H,1,3-4,6-7,9H2,(H3,13,14,15);1H. The maximum Gasteiger partial charge on any atom is 0.188 e. The lowest BCUT2D eigenvalue weighted by atomic mass is 9.86. The number of halogens is 1. The monoisotopic (exact) mass is 349 g/mol. The lowest BCUT2D eigenvalue weighted by Gasteiger charge is -2.23. The van der Waals surface area contributed by atoms with Crippen LogP contribution in [-0.2, 0) is 6.42 Å². The SMILES string of the molecule is I.NC(=NCC1CCC1)NCCc1ccco1. The van der Waals surface area contributed by atoms with E-state index >= 15 is 0 Å². The van der Waals surface area contributed by atoms with Gasteiger partial charge in [-0.05, 0) is 30.9 Å². The van der Waals surface area contributed by atoms with E-state index in [1.807, 2.05) is 12.1 Å². The van der Waals surface area contributed by atoms with Crippen molar-refractivity contribution in [1.82, 2.24) is 5.32 Å². The minimum Gasteiger partial charge on any atom is -0.469 e. The summed E-state index contributed by atoms with van der Waals surface area (Å²) in [6.07, 6.45) is 6.49. The van der Waals surface area contributed by atoms with Gasteiger partial charge in [0.1, 0.15) is 5.76 Å². The number of furan rings is 1. The minimum atomic E-state index is 0. The molecule has 0 radical (unpaired) electrons. The zero-order valence-corrected chi connectivity index (χ0v) is 12.2. The van der Waals surface area contributed by atoms with Crippen molar-refractivity contribution in [2.45, 2.75) is 25.7 Å². The largest absolute Gasteiger partial charge is 0.469 e. The van der Waals surface area contributed by atoms with Crippen LogP contribution in [0.25, 0.3) is 0 Å². The van der Waals surface area contributed by atoms with Crippen LogP contribution in [0.4, 0.5) is 0 Å². The van der Waals surface area contributed by atoms with Crippen molar-refractivity contribution in [2.75, 3.05) is 13.1 Å². The van der Waals surface area contributed by atoms with Gasteiger partial charge in [0, 0.05) is 19.5 Å². The highest BCUT2D eigenvalue weighted by Gasteiger charge is 2.16. The molecule has 17 heavy (non-hydrogen) atoms. The fraction of sp³-hybridized carbons (Fsp3) is 0.583. The van der Waals surface area contributed by atoms with E-state index in [4.69, 9.17) is 10.2 Å². The molecule has 0 spiro atoms. The van der Waals surface area contributed by atoms with E-state index in [1.54, 1.807) is 6.26 Å². The van der Waals surface area contributed by atoms with Crippen LogP contribution in [0.3, 0.4) is 0 Å². The van der Waals surface area contributed by atoms with E-state index in [-0.39, 0.29) is 24.0 Å². The molecule has 0 amide bonds. The third-order valence-electron chi connectivity index (χ3n) is 3.00. The molecule has 1 aliphatic carbocycles. The van der Waals surface area contributed by atoms with Crippen LogP contribution < -0.4 is 11.1 Å². The predicted octanol–water partition coefficient (Wildman–Crippen LogP) is 2.14. The van der Waals surface area contributed by atoms with Gasteiger partial charge in [-0.15, -0.1) is 24.0 Å². The summed E-state index contributed by atoms with van der Waals surface area (Å²) in [5.74, 6) is 2.29. The van der Waals surface area contributed by atoms with Crippen molar-refractivity contribution in [2.24, 2.45) is 16.6 Å². The van der Waals surface area contributed by atoms with Gasteiger partial charge in [-0.25, -0.2) is 0 Å². The van der Waals surface area contributed by atoms with Gasteiger partial charge in [0.2, 0.25) is 0 Å². The predicted molar refractivity (Wildman–Crippen MR) is 79.7 cm³/mol. The summed E-state index contributed by atoms with van der Waals surface area (Å²) in [4.78, 5) is 4.32.